The smallest absolute Gasteiger partial charge is 0.240 e. The molecule has 33 heavy (non-hydrogen) atoms. The summed E-state index contributed by atoms with van der Waals surface area (Å²) in [7, 11) is 0. The minimum Gasteiger partial charge on any atom is -0.350 e. The number of nitrogens with zero attached hydrogens (tertiary/aromatic N) is 2. The van der Waals surface area contributed by atoms with Crippen LogP contribution in [-0.4, -0.2) is 29.3 Å². The average molecular weight is 452 g/mol. The van der Waals surface area contributed by atoms with Crippen LogP contribution in [0, 0.1) is 11.6 Å². The Balaban J connectivity index is 1.62. The van der Waals surface area contributed by atoms with Crippen LogP contribution in [0.25, 0.3) is 0 Å². The summed E-state index contributed by atoms with van der Waals surface area (Å²) in [5.74, 6) is -2.27. The number of rotatable bonds is 9. The zero-order valence-electron chi connectivity index (χ0n) is 17.6. The Kier molecular flexibility index (Phi) is 8.18. The van der Waals surface area contributed by atoms with Crippen LogP contribution in [0.15, 0.2) is 72.9 Å². The predicted molar refractivity (Wildman–Crippen MR) is 119 cm³/mol. The van der Waals surface area contributed by atoms with Crippen molar-refractivity contribution >= 4 is 29.2 Å². The van der Waals surface area contributed by atoms with Crippen molar-refractivity contribution in [1.82, 2.24) is 10.3 Å². The first-order chi connectivity index (χ1) is 15.9. The summed E-state index contributed by atoms with van der Waals surface area (Å²) in [5.41, 5.74) is 0.601. The molecule has 7 nitrogen and oxygen atoms in total. The van der Waals surface area contributed by atoms with Crippen molar-refractivity contribution in [3.8, 4) is 0 Å². The summed E-state index contributed by atoms with van der Waals surface area (Å²) in [4.78, 5) is 42.4. The monoisotopic (exact) mass is 452 g/mol. The number of para-hydroxylation sites is 1. The second kappa shape index (κ2) is 11.5. The number of anilines is 2. The first-order valence-electron chi connectivity index (χ1n) is 10.2. The van der Waals surface area contributed by atoms with E-state index in [1.807, 2.05) is 0 Å². The van der Waals surface area contributed by atoms with Gasteiger partial charge in [0.2, 0.25) is 17.7 Å². The molecule has 0 atom stereocenters. The Morgan fingerprint density at radius 3 is 2.27 bits per heavy atom. The summed E-state index contributed by atoms with van der Waals surface area (Å²) in [6, 6.07) is 16.2. The lowest BCUT2D eigenvalue weighted by Crippen LogP contribution is -2.41. The molecule has 0 fully saturated rings. The van der Waals surface area contributed by atoms with Crippen LogP contribution < -0.4 is 15.5 Å². The Hall–Kier alpha value is -4.14. The molecule has 1 aromatic heterocycles. The molecule has 2 aromatic carbocycles. The first kappa shape index (κ1) is 23.5. The maximum atomic E-state index is 14.4. The third-order valence-electron chi connectivity index (χ3n) is 4.65. The van der Waals surface area contributed by atoms with E-state index in [0.29, 0.717) is 11.4 Å². The highest BCUT2D eigenvalue weighted by Gasteiger charge is 2.22. The quantitative estimate of drug-likeness (QED) is 0.521. The maximum absolute atomic E-state index is 14.4. The molecule has 0 aliphatic carbocycles. The van der Waals surface area contributed by atoms with Crippen LogP contribution in [-0.2, 0) is 20.9 Å². The van der Waals surface area contributed by atoms with Gasteiger partial charge in [0.05, 0.1) is 5.69 Å². The zero-order valence-corrected chi connectivity index (χ0v) is 17.6. The molecule has 2 N–H and O–H groups in total. The van der Waals surface area contributed by atoms with Gasteiger partial charge in [-0.25, -0.2) is 13.8 Å². The summed E-state index contributed by atoms with van der Waals surface area (Å²) in [6.45, 7) is -0.326. The molecule has 0 aliphatic heterocycles. The number of hydrogen-bond donors (Lipinski definition) is 2. The molecular formula is C24H22F2N4O3. The number of nitrogens with one attached hydrogen (secondary N) is 2. The lowest BCUT2D eigenvalue weighted by atomic mass is 10.2. The highest BCUT2D eigenvalue weighted by atomic mass is 19.1. The van der Waals surface area contributed by atoms with E-state index in [2.05, 4.69) is 15.6 Å². The molecule has 0 saturated carbocycles. The molecule has 1 heterocycles. The van der Waals surface area contributed by atoms with Gasteiger partial charge >= 0.3 is 0 Å². The summed E-state index contributed by atoms with van der Waals surface area (Å²) in [5, 5.41) is 5.19. The van der Waals surface area contributed by atoms with E-state index in [-0.39, 0.29) is 25.1 Å². The Morgan fingerprint density at radius 1 is 0.848 bits per heavy atom. The second-order valence-corrected chi connectivity index (χ2v) is 7.10. The van der Waals surface area contributed by atoms with Gasteiger partial charge in [-0.3, -0.25) is 14.4 Å². The zero-order chi connectivity index (χ0) is 23.6. The standard InChI is InChI=1S/C24H22F2N4O3/c25-18-10-8-17(9-11-18)15-28-23(32)16-30(20-6-2-1-5-19(20)26)24(33)13-12-22(31)29-21-7-3-4-14-27-21/h1-11,14H,12-13,15-16H2,(H,28,32)(H,27,29,31). The summed E-state index contributed by atoms with van der Waals surface area (Å²) in [6.07, 6.45) is 1.11. The van der Waals surface area contributed by atoms with E-state index in [9.17, 15) is 23.2 Å². The van der Waals surface area contributed by atoms with E-state index in [4.69, 9.17) is 0 Å². The van der Waals surface area contributed by atoms with Gasteiger partial charge in [-0.05, 0) is 42.0 Å². The molecule has 170 valence electrons. The topological polar surface area (TPSA) is 91.4 Å². The van der Waals surface area contributed by atoms with Crippen LogP contribution in [0.2, 0.25) is 0 Å². The molecule has 9 heteroatoms. The molecular weight excluding hydrogens is 430 g/mol. The Labute approximate surface area is 189 Å². The number of carbonyl (C=O) groups excluding carboxylic acids is 3. The highest BCUT2D eigenvalue weighted by Crippen LogP contribution is 2.20. The molecule has 0 spiro atoms. The average Bonchev–Trinajstić information content (AvgIpc) is 2.82. The number of benzene rings is 2. The molecule has 0 bridgehead atoms. The Morgan fingerprint density at radius 2 is 1.58 bits per heavy atom. The van der Waals surface area contributed by atoms with Gasteiger partial charge < -0.3 is 15.5 Å². The summed E-state index contributed by atoms with van der Waals surface area (Å²) >= 11 is 0. The van der Waals surface area contributed by atoms with Gasteiger partial charge in [-0.2, -0.15) is 0 Å². The molecule has 0 unspecified atom stereocenters. The SMILES string of the molecule is O=C(CN(C(=O)CCC(=O)Nc1ccccn1)c1ccccc1F)NCc1ccc(F)cc1. The number of amides is 3. The third kappa shape index (κ3) is 7.20. The minimum atomic E-state index is -0.671. The molecule has 3 rings (SSSR count). The van der Waals surface area contributed by atoms with Crippen molar-refractivity contribution in [1.29, 1.82) is 0 Å². The van der Waals surface area contributed by atoms with Gasteiger partial charge in [0.25, 0.3) is 0 Å². The third-order valence-corrected chi connectivity index (χ3v) is 4.65. The van der Waals surface area contributed by atoms with E-state index in [0.717, 1.165) is 4.90 Å². The fourth-order valence-electron chi connectivity index (χ4n) is 2.98. The Bertz CT molecular complexity index is 1110. The largest absolute Gasteiger partial charge is 0.350 e. The van der Waals surface area contributed by atoms with Crippen molar-refractivity contribution in [3.05, 3.63) is 90.1 Å². The van der Waals surface area contributed by atoms with Crippen LogP contribution >= 0.6 is 0 Å². The molecule has 0 saturated heterocycles. The minimum absolute atomic E-state index is 0.0652. The lowest BCUT2D eigenvalue weighted by molar-refractivity contribution is -0.125. The van der Waals surface area contributed by atoms with E-state index in [1.165, 1.54) is 48.7 Å². The van der Waals surface area contributed by atoms with Crippen molar-refractivity contribution in [2.24, 2.45) is 0 Å². The maximum Gasteiger partial charge on any atom is 0.240 e. The molecule has 0 aliphatic rings. The molecule has 3 aromatic rings. The highest BCUT2D eigenvalue weighted by molar-refractivity contribution is 6.01. The fraction of sp³-hybridized carbons (Fsp3) is 0.167. The van der Waals surface area contributed by atoms with Crippen LogP contribution in [0.5, 0.6) is 0 Å². The first-order valence-corrected chi connectivity index (χ1v) is 10.2. The van der Waals surface area contributed by atoms with Gasteiger partial charge in [0.1, 0.15) is 24.0 Å². The van der Waals surface area contributed by atoms with E-state index in [1.54, 1.807) is 24.3 Å². The van der Waals surface area contributed by atoms with Crippen molar-refractivity contribution in [3.63, 3.8) is 0 Å². The number of hydrogen-bond acceptors (Lipinski definition) is 4. The van der Waals surface area contributed by atoms with Crippen LogP contribution in [0.1, 0.15) is 18.4 Å². The van der Waals surface area contributed by atoms with Crippen molar-refractivity contribution in [2.45, 2.75) is 19.4 Å². The fourth-order valence-corrected chi connectivity index (χ4v) is 2.98. The predicted octanol–water partition coefficient (Wildman–Crippen LogP) is 3.43. The van der Waals surface area contributed by atoms with Gasteiger partial charge in [-0.1, -0.05) is 30.3 Å². The van der Waals surface area contributed by atoms with Gasteiger partial charge in [-0.15, -0.1) is 0 Å². The lowest BCUT2D eigenvalue weighted by Gasteiger charge is -2.23. The normalized spacial score (nSPS) is 10.4. The van der Waals surface area contributed by atoms with Crippen LogP contribution in [0.3, 0.4) is 0 Å². The summed E-state index contributed by atoms with van der Waals surface area (Å²) < 4.78 is 27.4. The van der Waals surface area contributed by atoms with Crippen LogP contribution in [0.4, 0.5) is 20.3 Å². The van der Waals surface area contributed by atoms with E-state index >= 15 is 0 Å². The molecule has 0 radical (unpaired) electrons. The number of aromatic nitrogens is 1. The molecule has 3 amide bonds. The number of carbonyl (C=O) groups is 3. The van der Waals surface area contributed by atoms with Crippen molar-refractivity contribution < 1.29 is 23.2 Å². The van der Waals surface area contributed by atoms with Gasteiger partial charge in [0.15, 0.2) is 0 Å². The van der Waals surface area contributed by atoms with Crippen molar-refractivity contribution in [2.75, 3.05) is 16.8 Å². The van der Waals surface area contributed by atoms with Gasteiger partial charge in [0, 0.05) is 25.6 Å². The van der Waals surface area contributed by atoms with E-state index < -0.39 is 35.9 Å². The second-order valence-electron chi connectivity index (χ2n) is 7.10. The number of pyridine rings is 1. The number of halogens is 2.